The summed E-state index contributed by atoms with van der Waals surface area (Å²) in [4.78, 5) is 24.1. The summed E-state index contributed by atoms with van der Waals surface area (Å²) in [6, 6.07) is 10.1. The molecule has 1 saturated carbocycles. The molecule has 0 heterocycles. The van der Waals surface area contributed by atoms with Gasteiger partial charge in [-0.1, -0.05) is 62.4 Å². The molecule has 1 aromatic rings. The third-order valence-corrected chi connectivity index (χ3v) is 4.73. The number of nitrogens with one attached hydrogen (secondary N) is 2. The lowest BCUT2D eigenvalue weighted by Crippen LogP contribution is -2.36. The largest absolute Gasteiger partial charge is 0.353 e. The smallest absolute Gasteiger partial charge is 0.220 e. The molecule has 0 unspecified atom stereocenters. The van der Waals surface area contributed by atoms with Crippen LogP contribution in [0.2, 0.25) is 0 Å². The SMILES string of the molecule is C[C@H](NC(=O)CCC(=O)NC1CCCCCCC1)c1ccccc1. The lowest BCUT2D eigenvalue weighted by molar-refractivity contribution is -0.127. The molecule has 1 aliphatic rings. The monoisotopic (exact) mass is 330 g/mol. The minimum atomic E-state index is -0.0702. The van der Waals surface area contributed by atoms with Crippen LogP contribution in [0.4, 0.5) is 0 Å². The molecule has 0 spiro atoms. The molecule has 0 aliphatic heterocycles. The summed E-state index contributed by atoms with van der Waals surface area (Å²) in [5.74, 6) is -0.0674. The second kappa shape index (κ2) is 10.1. The summed E-state index contributed by atoms with van der Waals surface area (Å²) in [6.07, 6.45) is 8.91. The molecule has 0 aromatic heterocycles. The van der Waals surface area contributed by atoms with E-state index in [-0.39, 0.29) is 30.7 Å². The third kappa shape index (κ3) is 6.73. The average molecular weight is 330 g/mol. The van der Waals surface area contributed by atoms with E-state index in [1.165, 1.54) is 32.1 Å². The molecular formula is C20H30N2O2. The van der Waals surface area contributed by atoms with Crippen molar-refractivity contribution in [3.8, 4) is 0 Å². The maximum atomic E-state index is 12.1. The Morgan fingerprint density at radius 2 is 1.54 bits per heavy atom. The van der Waals surface area contributed by atoms with E-state index in [9.17, 15) is 9.59 Å². The predicted molar refractivity (Wildman–Crippen MR) is 96.5 cm³/mol. The van der Waals surface area contributed by atoms with Gasteiger partial charge in [0, 0.05) is 18.9 Å². The van der Waals surface area contributed by atoms with Crippen molar-refractivity contribution in [1.82, 2.24) is 10.6 Å². The Balaban J connectivity index is 1.68. The highest BCUT2D eigenvalue weighted by Gasteiger charge is 2.15. The first-order valence-electron chi connectivity index (χ1n) is 9.29. The molecule has 2 rings (SSSR count). The van der Waals surface area contributed by atoms with E-state index in [4.69, 9.17) is 0 Å². The number of hydrogen-bond acceptors (Lipinski definition) is 2. The Hall–Kier alpha value is -1.84. The normalized spacial score (nSPS) is 17.4. The molecular weight excluding hydrogens is 300 g/mol. The van der Waals surface area contributed by atoms with Crippen LogP contribution in [0.3, 0.4) is 0 Å². The van der Waals surface area contributed by atoms with Gasteiger partial charge in [-0.05, 0) is 25.3 Å². The van der Waals surface area contributed by atoms with Gasteiger partial charge in [0.1, 0.15) is 0 Å². The zero-order valence-corrected chi connectivity index (χ0v) is 14.7. The molecule has 132 valence electrons. The van der Waals surface area contributed by atoms with Gasteiger partial charge in [-0.3, -0.25) is 9.59 Å². The molecule has 4 heteroatoms. The molecule has 1 fully saturated rings. The van der Waals surface area contributed by atoms with Crippen molar-refractivity contribution in [2.24, 2.45) is 0 Å². The maximum Gasteiger partial charge on any atom is 0.220 e. The van der Waals surface area contributed by atoms with Gasteiger partial charge in [-0.2, -0.15) is 0 Å². The first-order valence-corrected chi connectivity index (χ1v) is 9.29. The van der Waals surface area contributed by atoms with E-state index in [0.717, 1.165) is 18.4 Å². The molecule has 4 nitrogen and oxygen atoms in total. The molecule has 2 N–H and O–H groups in total. The van der Waals surface area contributed by atoms with Gasteiger partial charge < -0.3 is 10.6 Å². The third-order valence-electron chi connectivity index (χ3n) is 4.73. The van der Waals surface area contributed by atoms with Crippen molar-refractivity contribution < 1.29 is 9.59 Å². The molecule has 0 saturated heterocycles. The number of rotatable bonds is 6. The Kier molecular flexibility index (Phi) is 7.80. The molecule has 24 heavy (non-hydrogen) atoms. The van der Waals surface area contributed by atoms with Gasteiger partial charge in [0.15, 0.2) is 0 Å². The number of carbonyl (C=O) groups excluding carboxylic acids is 2. The highest BCUT2D eigenvalue weighted by Crippen LogP contribution is 2.17. The van der Waals surface area contributed by atoms with Crippen molar-refractivity contribution in [1.29, 1.82) is 0 Å². The quantitative estimate of drug-likeness (QED) is 0.832. The van der Waals surface area contributed by atoms with Crippen LogP contribution in [-0.2, 0) is 9.59 Å². The van der Waals surface area contributed by atoms with Crippen LogP contribution < -0.4 is 10.6 Å². The fourth-order valence-electron chi connectivity index (χ4n) is 3.27. The topological polar surface area (TPSA) is 58.2 Å². The summed E-state index contributed by atoms with van der Waals surface area (Å²) >= 11 is 0. The van der Waals surface area contributed by atoms with Crippen LogP contribution in [0.15, 0.2) is 30.3 Å². The Labute approximate surface area is 145 Å². The Bertz CT molecular complexity index is 508. The van der Waals surface area contributed by atoms with E-state index in [2.05, 4.69) is 10.6 Å². The van der Waals surface area contributed by atoms with Gasteiger partial charge in [0.05, 0.1) is 6.04 Å². The fraction of sp³-hybridized carbons (Fsp3) is 0.600. The van der Waals surface area contributed by atoms with Crippen molar-refractivity contribution in [3.63, 3.8) is 0 Å². The van der Waals surface area contributed by atoms with Crippen LogP contribution >= 0.6 is 0 Å². The van der Waals surface area contributed by atoms with Crippen LogP contribution in [0.25, 0.3) is 0 Å². The Morgan fingerprint density at radius 3 is 2.21 bits per heavy atom. The van der Waals surface area contributed by atoms with Gasteiger partial charge in [0.25, 0.3) is 0 Å². The highest BCUT2D eigenvalue weighted by atomic mass is 16.2. The number of benzene rings is 1. The number of amides is 2. The van der Waals surface area contributed by atoms with E-state index >= 15 is 0 Å². The molecule has 1 aromatic carbocycles. The first-order chi connectivity index (χ1) is 11.6. The van der Waals surface area contributed by atoms with Crippen LogP contribution in [0.1, 0.15) is 76.3 Å². The lowest BCUT2D eigenvalue weighted by Gasteiger charge is -2.21. The zero-order chi connectivity index (χ0) is 17.2. The minimum absolute atomic E-state index is 0.00286. The van der Waals surface area contributed by atoms with Crippen molar-refractivity contribution in [2.45, 2.75) is 76.8 Å². The first kappa shape index (κ1) is 18.5. The zero-order valence-electron chi connectivity index (χ0n) is 14.7. The predicted octanol–water partition coefficient (Wildman–Crippen LogP) is 3.87. The van der Waals surface area contributed by atoms with Crippen molar-refractivity contribution >= 4 is 11.8 Å². The average Bonchev–Trinajstić information content (AvgIpc) is 2.56. The van der Waals surface area contributed by atoms with Gasteiger partial charge >= 0.3 is 0 Å². The molecule has 0 bridgehead atoms. The standard InChI is InChI=1S/C20H30N2O2/c1-16(17-10-6-5-7-11-17)21-19(23)14-15-20(24)22-18-12-8-3-2-4-9-13-18/h5-7,10-11,16,18H,2-4,8-9,12-15H2,1H3,(H,21,23)(H,22,24)/t16-/m0/s1. The van der Waals surface area contributed by atoms with E-state index in [0.29, 0.717) is 6.04 Å². The minimum Gasteiger partial charge on any atom is -0.353 e. The molecule has 1 atom stereocenters. The molecule has 1 aliphatic carbocycles. The van der Waals surface area contributed by atoms with E-state index < -0.39 is 0 Å². The lowest BCUT2D eigenvalue weighted by atomic mass is 9.96. The van der Waals surface area contributed by atoms with Gasteiger partial charge in [-0.25, -0.2) is 0 Å². The van der Waals surface area contributed by atoms with Crippen LogP contribution in [0, 0.1) is 0 Å². The van der Waals surface area contributed by atoms with E-state index in [1.54, 1.807) is 0 Å². The van der Waals surface area contributed by atoms with Gasteiger partial charge in [0.2, 0.25) is 11.8 Å². The Morgan fingerprint density at radius 1 is 0.958 bits per heavy atom. The summed E-state index contributed by atoms with van der Waals surface area (Å²) in [7, 11) is 0. The van der Waals surface area contributed by atoms with Crippen molar-refractivity contribution in [2.75, 3.05) is 0 Å². The molecule has 0 radical (unpaired) electrons. The van der Waals surface area contributed by atoms with Crippen LogP contribution in [-0.4, -0.2) is 17.9 Å². The summed E-state index contributed by atoms with van der Waals surface area (Å²) < 4.78 is 0. The van der Waals surface area contributed by atoms with Crippen molar-refractivity contribution in [3.05, 3.63) is 35.9 Å². The molecule has 2 amide bonds. The van der Waals surface area contributed by atoms with Gasteiger partial charge in [-0.15, -0.1) is 0 Å². The summed E-state index contributed by atoms with van der Waals surface area (Å²) in [5.41, 5.74) is 1.07. The second-order valence-corrected chi connectivity index (χ2v) is 6.81. The number of hydrogen-bond donors (Lipinski definition) is 2. The summed E-state index contributed by atoms with van der Waals surface area (Å²) in [6.45, 7) is 1.96. The maximum absolute atomic E-state index is 12.1. The highest BCUT2D eigenvalue weighted by molar-refractivity contribution is 5.84. The van der Waals surface area contributed by atoms with E-state index in [1.807, 2.05) is 37.3 Å². The second-order valence-electron chi connectivity index (χ2n) is 6.81. The number of carbonyl (C=O) groups is 2. The fourth-order valence-corrected chi connectivity index (χ4v) is 3.27. The van der Waals surface area contributed by atoms with Crippen LogP contribution in [0.5, 0.6) is 0 Å². The summed E-state index contributed by atoms with van der Waals surface area (Å²) in [5, 5.41) is 6.06.